The molecule has 0 aliphatic carbocycles. The van der Waals surface area contributed by atoms with Gasteiger partial charge in [0.25, 0.3) is 0 Å². The second-order valence-electron chi connectivity index (χ2n) is 4.56. The van der Waals surface area contributed by atoms with Crippen molar-refractivity contribution in [2.24, 2.45) is 0 Å². The largest absolute Gasteiger partial charge is 0.491 e. The van der Waals surface area contributed by atoms with E-state index in [1.54, 1.807) is 18.2 Å². The Morgan fingerprint density at radius 1 is 1.10 bits per heavy atom. The predicted octanol–water partition coefficient (Wildman–Crippen LogP) is 4.89. The van der Waals surface area contributed by atoms with Gasteiger partial charge in [0.15, 0.2) is 11.4 Å². The van der Waals surface area contributed by atoms with Gasteiger partial charge in [-0.2, -0.15) is 0 Å². The minimum atomic E-state index is 0.562. The number of aryl methyl sites for hydroxylation is 1. The minimum absolute atomic E-state index is 0.562. The molecule has 2 aromatic rings. The second kappa shape index (κ2) is 7.36. The van der Waals surface area contributed by atoms with E-state index in [2.05, 4.69) is 23.7 Å². The zero-order valence-corrected chi connectivity index (χ0v) is 13.4. The Hall–Kier alpha value is -1.69. The molecule has 1 aromatic heterocycles. The van der Waals surface area contributed by atoms with Gasteiger partial charge in [0.2, 0.25) is 0 Å². The van der Waals surface area contributed by atoms with Gasteiger partial charge in [-0.05, 0) is 49.6 Å². The molecule has 0 saturated carbocycles. The average molecular weight is 320 g/mol. The summed E-state index contributed by atoms with van der Waals surface area (Å²) in [6, 6.07) is 9.01. The van der Waals surface area contributed by atoms with Gasteiger partial charge in [-0.15, -0.1) is 0 Å². The lowest BCUT2D eigenvalue weighted by Crippen LogP contribution is -1.99. The first kappa shape index (κ1) is 15.7. The van der Waals surface area contributed by atoms with E-state index in [1.807, 2.05) is 19.1 Å². The number of hydrogen-bond acceptors (Lipinski definition) is 2. The number of benzene rings is 1. The van der Waals surface area contributed by atoms with E-state index < -0.39 is 0 Å². The number of hydrogen-bond donors (Lipinski definition) is 0. The number of halogens is 2. The van der Waals surface area contributed by atoms with Crippen molar-refractivity contribution in [2.45, 2.75) is 20.3 Å². The number of nitrogens with zero attached hydrogens (tertiary/aromatic N) is 1. The van der Waals surface area contributed by atoms with Crippen molar-refractivity contribution in [1.29, 1.82) is 0 Å². The van der Waals surface area contributed by atoms with Gasteiger partial charge in [-0.25, -0.2) is 4.98 Å². The Morgan fingerprint density at radius 3 is 2.48 bits per heavy atom. The Kier molecular flexibility index (Phi) is 5.50. The Balaban J connectivity index is 2.34. The van der Waals surface area contributed by atoms with E-state index >= 15 is 0 Å². The monoisotopic (exact) mass is 319 g/mol. The summed E-state index contributed by atoms with van der Waals surface area (Å²) in [6.45, 7) is 4.62. The summed E-state index contributed by atoms with van der Waals surface area (Å²) < 4.78 is 5.66. The molecule has 4 heteroatoms. The molecular formula is C17H15Cl2NO. The van der Waals surface area contributed by atoms with Gasteiger partial charge in [0.1, 0.15) is 0 Å². The van der Waals surface area contributed by atoms with Gasteiger partial charge in [0.05, 0.1) is 6.61 Å². The summed E-state index contributed by atoms with van der Waals surface area (Å²) in [5, 5.41) is 1.12. The van der Waals surface area contributed by atoms with Crippen molar-refractivity contribution in [3.63, 3.8) is 0 Å². The standard InChI is InChI=1S/C17H15Cl2NO/c1-3-8-21-17-7-4-12(2)20-16(17)6-5-13-9-14(18)11-15(19)10-13/h4,7,9-11H,3,8H2,1-2H3. The number of pyridine rings is 1. The fourth-order valence-corrected chi connectivity index (χ4v) is 2.25. The fourth-order valence-electron chi connectivity index (χ4n) is 1.72. The van der Waals surface area contributed by atoms with E-state index in [0.717, 1.165) is 17.7 Å². The molecule has 0 aliphatic rings. The van der Waals surface area contributed by atoms with Crippen molar-refractivity contribution < 1.29 is 4.74 Å². The topological polar surface area (TPSA) is 22.1 Å². The zero-order valence-electron chi connectivity index (χ0n) is 11.9. The molecule has 0 atom stereocenters. The molecule has 0 bridgehead atoms. The fraction of sp³-hybridized carbons (Fsp3) is 0.235. The van der Waals surface area contributed by atoms with E-state index in [0.29, 0.717) is 28.1 Å². The SMILES string of the molecule is CCCOc1ccc(C)nc1C#Cc1cc(Cl)cc(Cl)c1. The Morgan fingerprint density at radius 2 is 1.81 bits per heavy atom. The quantitative estimate of drug-likeness (QED) is 0.752. The van der Waals surface area contributed by atoms with Crippen LogP contribution in [0, 0.1) is 18.8 Å². The van der Waals surface area contributed by atoms with Gasteiger partial charge >= 0.3 is 0 Å². The lowest BCUT2D eigenvalue weighted by atomic mass is 10.2. The minimum Gasteiger partial charge on any atom is -0.491 e. The van der Waals surface area contributed by atoms with Crippen LogP contribution in [0.25, 0.3) is 0 Å². The maximum absolute atomic E-state index is 5.96. The third-order valence-electron chi connectivity index (χ3n) is 2.65. The molecule has 0 radical (unpaired) electrons. The van der Waals surface area contributed by atoms with Crippen molar-refractivity contribution in [3.8, 4) is 17.6 Å². The van der Waals surface area contributed by atoms with Crippen LogP contribution in [0.2, 0.25) is 10.0 Å². The van der Waals surface area contributed by atoms with Crippen molar-refractivity contribution in [3.05, 3.63) is 57.3 Å². The van der Waals surface area contributed by atoms with Gasteiger partial charge in [-0.1, -0.05) is 36.0 Å². The molecule has 0 spiro atoms. The Bertz CT molecular complexity index is 681. The maximum atomic E-state index is 5.96. The molecule has 0 unspecified atom stereocenters. The van der Waals surface area contributed by atoms with Gasteiger partial charge < -0.3 is 4.74 Å². The molecule has 1 aromatic carbocycles. The summed E-state index contributed by atoms with van der Waals surface area (Å²) in [5.74, 6) is 6.75. The average Bonchev–Trinajstić information content (AvgIpc) is 2.43. The van der Waals surface area contributed by atoms with E-state index in [9.17, 15) is 0 Å². The first-order chi connectivity index (χ1) is 10.1. The summed E-state index contributed by atoms with van der Waals surface area (Å²) in [7, 11) is 0. The third-order valence-corrected chi connectivity index (χ3v) is 3.08. The lowest BCUT2D eigenvalue weighted by molar-refractivity contribution is 0.315. The van der Waals surface area contributed by atoms with Crippen LogP contribution in [-0.2, 0) is 0 Å². The van der Waals surface area contributed by atoms with Crippen LogP contribution < -0.4 is 4.74 Å². The highest BCUT2D eigenvalue weighted by Gasteiger charge is 2.03. The van der Waals surface area contributed by atoms with Crippen molar-refractivity contribution in [2.75, 3.05) is 6.61 Å². The van der Waals surface area contributed by atoms with Crippen LogP contribution in [0.1, 0.15) is 30.3 Å². The molecular weight excluding hydrogens is 305 g/mol. The highest BCUT2D eigenvalue weighted by Crippen LogP contribution is 2.19. The number of aromatic nitrogens is 1. The van der Waals surface area contributed by atoms with Gasteiger partial charge in [0, 0.05) is 21.3 Å². The summed E-state index contributed by atoms with van der Waals surface area (Å²) in [5.41, 5.74) is 2.27. The van der Waals surface area contributed by atoms with Crippen LogP contribution in [0.15, 0.2) is 30.3 Å². The molecule has 0 aliphatic heterocycles. The second-order valence-corrected chi connectivity index (χ2v) is 5.43. The van der Waals surface area contributed by atoms with Gasteiger partial charge in [-0.3, -0.25) is 0 Å². The van der Waals surface area contributed by atoms with Crippen LogP contribution in [0.3, 0.4) is 0 Å². The first-order valence-electron chi connectivity index (χ1n) is 6.67. The van der Waals surface area contributed by atoms with Crippen LogP contribution in [0.4, 0.5) is 0 Å². The van der Waals surface area contributed by atoms with Crippen LogP contribution >= 0.6 is 23.2 Å². The molecule has 2 nitrogen and oxygen atoms in total. The molecule has 21 heavy (non-hydrogen) atoms. The van der Waals surface area contributed by atoms with Crippen molar-refractivity contribution in [1.82, 2.24) is 4.98 Å². The summed E-state index contributed by atoms with van der Waals surface area (Å²) in [4.78, 5) is 4.42. The molecule has 0 saturated heterocycles. The lowest BCUT2D eigenvalue weighted by Gasteiger charge is -2.06. The zero-order chi connectivity index (χ0) is 15.2. The normalized spacial score (nSPS) is 9.90. The van der Waals surface area contributed by atoms with Crippen LogP contribution in [0.5, 0.6) is 5.75 Å². The number of rotatable bonds is 3. The predicted molar refractivity (Wildman–Crippen MR) is 87.2 cm³/mol. The third kappa shape index (κ3) is 4.67. The maximum Gasteiger partial charge on any atom is 0.155 e. The van der Waals surface area contributed by atoms with E-state index in [4.69, 9.17) is 27.9 Å². The molecule has 1 heterocycles. The van der Waals surface area contributed by atoms with Crippen LogP contribution in [-0.4, -0.2) is 11.6 Å². The summed E-state index contributed by atoms with van der Waals surface area (Å²) >= 11 is 11.9. The highest BCUT2D eigenvalue weighted by atomic mass is 35.5. The smallest absolute Gasteiger partial charge is 0.155 e. The Labute approximate surface area is 135 Å². The molecule has 2 rings (SSSR count). The van der Waals surface area contributed by atoms with Crippen molar-refractivity contribution >= 4 is 23.2 Å². The molecule has 0 amide bonds. The highest BCUT2D eigenvalue weighted by molar-refractivity contribution is 6.34. The molecule has 108 valence electrons. The summed E-state index contributed by atoms with van der Waals surface area (Å²) in [6.07, 6.45) is 0.935. The first-order valence-corrected chi connectivity index (χ1v) is 7.42. The molecule has 0 fully saturated rings. The van der Waals surface area contributed by atoms with E-state index in [-0.39, 0.29) is 0 Å². The van der Waals surface area contributed by atoms with E-state index in [1.165, 1.54) is 0 Å². The molecule has 0 N–H and O–H groups in total. The number of ether oxygens (including phenoxy) is 1.